The fraction of sp³-hybridized carbons (Fsp3) is 0.571. The smallest absolute Gasteiger partial charge is 0.124 e. The second kappa shape index (κ2) is 7.57. The van der Waals surface area contributed by atoms with Crippen LogP contribution in [-0.4, -0.2) is 26.1 Å². The van der Waals surface area contributed by atoms with Crippen molar-refractivity contribution in [3.05, 3.63) is 28.8 Å². The van der Waals surface area contributed by atoms with Gasteiger partial charge in [-0.25, -0.2) is 0 Å². The molecule has 17 heavy (non-hydrogen) atoms. The summed E-state index contributed by atoms with van der Waals surface area (Å²) in [7, 11) is 1.72. The molecular formula is C14H22ClNO. The van der Waals surface area contributed by atoms with Gasteiger partial charge in [-0.2, -0.15) is 0 Å². The topological polar surface area (TPSA) is 21.3 Å². The highest BCUT2D eigenvalue weighted by atomic mass is 35.5. The first-order valence-electron chi connectivity index (χ1n) is 6.09. The van der Waals surface area contributed by atoms with Crippen molar-refractivity contribution >= 4 is 11.6 Å². The van der Waals surface area contributed by atoms with Crippen molar-refractivity contribution in [2.45, 2.75) is 26.7 Å². The molecule has 0 amide bonds. The fourth-order valence-electron chi connectivity index (χ4n) is 2.06. The van der Waals surface area contributed by atoms with E-state index in [-0.39, 0.29) is 0 Å². The first kappa shape index (κ1) is 14.3. The monoisotopic (exact) mass is 255 g/mol. The maximum absolute atomic E-state index is 5.62. The number of hydrogen-bond acceptors (Lipinski definition) is 2. The lowest BCUT2D eigenvalue weighted by Crippen LogP contribution is -2.18. The molecule has 0 atom stereocenters. The Balaban J connectivity index is 2.49. The van der Waals surface area contributed by atoms with Crippen LogP contribution in [0.25, 0.3) is 0 Å². The van der Waals surface area contributed by atoms with Gasteiger partial charge in [0, 0.05) is 5.88 Å². The Bertz CT molecular complexity index is 329. The van der Waals surface area contributed by atoms with Gasteiger partial charge in [0.2, 0.25) is 0 Å². The van der Waals surface area contributed by atoms with Gasteiger partial charge in [0.05, 0.1) is 7.11 Å². The molecule has 0 spiro atoms. The van der Waals surface area contributed by atoms with Gasteiger partial charge in [-0.05, 0) is 56.5 Å². The normalized spacial score (nSPS) is 10.6. The molecule has 0 saturated carbocycles. The van der Waals surface area contributed by atoms with Crippen LogP contribution in [0.4, 0.5) is 0 Å². The summed E-state index contributed by atoms with van der Waals surface area (Å²) in [5, 5.41) is 3.39. The number of nitrogens with one attached hydrogen (secondary N) is 1. The lowest BCUT2D eigenvalue weighted by molar-refractivity contribution is 0.408. The highest BCUT2D eigenvalue weighted by molar-refractivity contribution is 6.17. The van der Waals surface area contributed by atoms with Crippen LogP contribution in [0.2, 0.25) is 0 Å². The number of ether oxygens (including phenoxy) is 1. The third-order valence-corrected chi connectivity index (χ3v) is 3.07. The lowest BCUT2D eigenvalue weighted by atomic mass is 10.0. The number of hydrogen-bond donors (Lipinski definition) is 1. The van der Waals surface area contributed by atoms with Gasteiger partial charge in [-0.3, -0.25) is 0 Å². The van der Waals surface area contributed by atoms with Crippen LogP contribution in [0.5, 0.6) is 5.75 Å². The summed E-state index contributed by atoms with van der Waals surface area (Å²) in [6.07, 6.45) is 2.08. The first-order valence-corrected chi connectivity index (χ1v) is 6.63. The third kappa shape index (κ3) is 4.57. The van der Waals surface area contributed by atoms with Crippen molar-refractivity contribution < 1.29 is 4.74 Å². The molecular weight excluding hydrogens is 234 g/mol. The van der Waals surface area contributed by atoms with Crippen LogP contribution < -0.4 is 10.1 Å². The molecule has 2 nitrogen and oxygen atoms in total. The Kier molecular flexibility index (Phi) is 6.38. The van der Waals surface area contributed by atoms with Gasteiger partial charge in [-0.1, -0.05) is 12.1 Å². The van der Waals surface area contributed by atoms with Crippen LogP contribution in [0.1, 0.15) is 23.1 Å². The lowest BCUT2D eigenvalue weighted by Gasteiger charge is -2.11. The van der Waals surface area contributed by atoms with E-state index in [1.54, 1.807) is 7.11 Å². The van der Waals surface area contributed by atoms with Crippen molar-refractivity contribution in [2.75, 3.05) is 26.1 Å². The van der Waals surface area contributed by atoms with Gasteiger partial charge >= 0.3 is 0 Å². The number of rotatable bonds is 7. The SMILES string of the molecule is COc1c(C)cc(CCNCCCCl)cc1C. The van der Waals surface area contributed by atoms with Crippen LogP contribution in [0, 0.1) is 13.8 Å². The molecule has 0 aliphatic heterocycles. The van der Waals surface area contributed by atoms with E-state index in [4.69, 9.17) is 16.3 Å². The predicted molar refractivity (Wildman–Crippen MR) is 74.4 cm³/mol. The van der Waals surface area contributed by atoms with Gasteiger partial charge in [-0.15, -0.1) is 11.6 Å². The summed E-state index contributed by atoms with van der Waals surface area (Å²) < 4.78 is 5.36. The second-order valence-corrected chi connectivity index (χ2v) is 4.68. The first-order chi connectivity index (χ1) is 8.19. The number of benzene rings is 1. The van der Waals surface area contributed by atoms with Crippen molar-refractivity contribution in [3.8, 4) is 5.75 Å². The molecule has 1 aromatic rings. The van der Waals surface area contributed by atoms with Crippen molar-refractivity contribution in [3.63, 3.8) is 0 Å². The zero-order chi connectivity index (χ0) is 12.7. The summed E-state index contributed by atoms with van der Waals surface area (Å²) in [6, 6.07) is 4.41. The number of halogens is 1. The minimum atomic E-state index is 0.730. The Morgan fingerprint density at radius 1 is 1.18 bits per heavy atom. The molecule has 0 fully saturated rings. The molecule has 0 saturated heterocycles. The predicted octanol–water partition coefficient (Wildman–Crippen LogP) is 3.07. The minimum Gasteiger partial charge on any atom is -0.496 e. The molecule has 0 bridgehead atoms. The standard InChI is InChI=1S/C14H22ClNO/c1-11-9-13(5-8-16-7-4-6-15)10-12(2)14(11)17-3/h9-10,16H,4-8H2,1-3H3. The maximum Gasteiger partial charge on any atom is 0.124 e. The van der Waals surface area contributed by atoms with Crippen LogP contribution >= 0.6 is 11.6 Å². The van der Waals surface area contributed by atoms with Crippen molar-refractivity contribution in [1.82, 2.24) is 5.32 Å². The maximum atomic E-state index is 5.62. The Hall–Kier alpha value is -0.730. The van der Waals surface area contributed by atoms with E-state index in [9.17, 15) is 0 Å². The molecule has 1 N–H and O–H groups in total. The van der Waals surface area contributed by atoms with Crippen molar-refractivity contribution in [1.29, 1.82) is 0 Å². The van der Waals surface area contributed by atoms with Crippen LogP contribution in [-0.2, 0) is 6.42 Å². The van der Waals surface area contributed by atoms with E-state index >= 15 is 0 Å². The summed E-state index contributed by atoms with van der Waals surface area (Å²) in [5.74, 6) is 1.73. The number of aryl methyl sites for hydroxylation is 2. The Morgan fingerprint density at radius 3 is 2.35 bits per heavy atom. The molecule has 1 rings (SSSR count). The molecule has 0 radical (unpaired) electrons. The second-order valence-electron chi connectivity index (χ2n) is 4.31. The fourth-order valence-corrected chi connectivity index (χ4v) is 2.19. The minimum absolute atomic E-state index is 0.730. The number of methoxy groups -OCH3 is 1. The molecule has 3 heteroatoms. The summed E-state index contributed by atoms with van der Waals surface area (Å²) in [4.78, 5) is 0. The molecule has 0 aromatic heterocycles. The van der Waals surface area contributed by atoms with E-state index < -0.39 is 0 Å². The third-order valence-electron chi connectivity index (χ3n) is 2.80. The Labute approximate surface area is 109 Å². The quantitative estimate of drug-likeness (QED) is 0.597. The molecule has 0 aliphatic carbocycles. The average Bonchev–Trinajstić information content (AvgIpc) is 2.28. The van der Waals surface area contributed by atoms with E-state index in [0.29, 0.717) is 0 Å². The Morgan fingerprint density at radius 2 is 1.82 bits per heavy atom. The molecule has 1 aromatic carbocycles. The van der Waals surface area contributed by atoms with E-state index in [1.807, 2.05) is 0 Å². The summed E-state index contributed by atoms with van der Waals surface area (Å²) >= 11 is 5.62. The van der Waals surface area contributed by atoms with Gasteiger partial charge in [0.25, 0.3) is 0 Å². The van der Waals surface area contributed by atoms with Crippen LogP contribution in [0.3, 0.4) is 0 Å². The van der Waals surface area contributed by atoms with Crippen molar-refractivity contribution in [2.24, 2.45) is 0 Å². The molecule has 0 heterocycles. The molecule has 0 unspecified atom stereocenters. The molecule has 96 valence electrons. The number of alkyl halides is 1. The van der Waals surface area contributed by atoms with Gasteiger partial charge < -0.3 is 10.1 Å². The van der Waals surface area contributed by atoms with E-state index in [2.05, 4.69) is 31.3 Å². The van der Waals surface area contributed by atoms with Crippen LogP contribution in [0.15, 0.2) is 12.1 Å². The van der Waals surface area contributed by atoms with E-state index in [1.165, 1.54) is 16.7 Å². The van der Waals surface area contributed by atoms with Gasteiger partial charge in [0.1, 0.15) is 5.75 Å². The summed E-state index contributed by atoms with van der Waals surface area (Å²) in [6.45, 7) is 6.19. The molecule has 0 aliphatic rings. The zero-order valence-electron chi connectivity index (χ0n) is 11.0. The van der Waals surface area contributed by atoms with Gasteiger partial charge in [0.15, 0.2) is 0 Å². The highest BCUT2D eigenvalue weighted by Crippen LogP contribution is 2.24. The average molecular weight is 256 g/mol. The summed E-state index contributed by atoms with van der Waals surface area (Å²) in [5.41, 5.74) is 3.78. The van der Waals surface area contributed by atoms with E-state index in [0.717, 1.165) is 37.6 Å². The highest BCUT2D eigenvalue weighted by Gasteiger charge is 2.04. The largest absolute Gasteiger partial charge is 0.496 e. The zero-order valence-corrected chi connectivity index (χ0v) is 11.7.